The van der Waals surface area contributed by atoms with Crippen LogP contribution in [0, 0.1) is 5.92 Å². The highest BCUT2D eigenvalue weighted by molar-refractivity contribution is 5.68. The summed E-state index contributed by atoms with van der Waals surface area (Å²) in [4.78, 5) is 16.5. The van der Waals surface area contributed by atoms with Crippen LogP contribution in [0.4, 0.5) is 4.79 Å². The van der Waals surface area contributed by atoms with Gasteiger partial charge in [-0.3, -0.25) is 4.90 Å². The predicted molar refractivity (Wildman–Crippen MR) is 86.6 cm³/mol. The summed E-state index contributed by atoms with van der Waals surface area (Å²) >= 11 is 0. The second-order valence-electron chi connectivity index (χ2n) is 6.45. The van der Waals surface area contributed by atoms with Crippen molar-refractivity contribution in [2.75, 3.05) is 26.2 Å². The molecule has 0 aromatic heterocycles. The average molecular weight is 302 g/mol. The summed E-state index contributed by atoms with van der Waals surface area (Å²) in [5.74, 6) is 0.613. The van der Waals surface area contributed by atoms with Gasteiger partial charge in [-0.2, -0.15) is 0 Å². The molecule has 0 spiro atoms. The number of amides is 1. The van der Waals surface area contributed by atoms with Gasteiger partial charge in [0.25, 0.3) is 0 Å². The van der Waals surface area contributed by atoms with Gasteiger partial charge in [0, 0.05) is 25.7 Å². The van der Waals surface area contributed by atoms with E-state index in [1.54, 1.807) is 0 Å². The molecule has 2 heterocycles. The molecule has 0 radical (unpaired) electrons. The van der Waals surface area contributed by atoms with Crippen molar-refractivity contribution >= 4 is 6.09 Å². The Morgan fingerprint density at radius 2 is 2.09 bits per heavy atom. The first kappa shape index (κ1) is 15.3. The van der Waals surface area contributed by atoms with Crippen molar-refractivity contribution in [2.24, 2.45) is 5.92 Å². The number of likely N-dealkylation sites (tertiary alicyclic amines) is 2. The van der Waals surface area contributed by atoms with E-state index in [0.29, 0.717) is 18.6 Å². The van der Waals surface area contributed by atoms with Gasteiger partial charge in [0.15, 0.2) is 0 Å². The third-order valence-corrected chi connectivity index (χ3v) is 4.87. The zero-order chi connectivity index (χ0) is 15.4. The first-order valence-electron chi connectivity index (χ1n) is 8.47. The molecule has 1 amide bonds. The van der Waals surface area contributed by atoms with Gasteiger partial charge in [-0.15, -0.1) is 0 Å². The molecule has 1 aromatic rings. The van der Waals surface area contributed by atoms with Crippen LogP contribution >= 0.6 is 0 Å². The Balaban J connectivity index is 1.53. The van der Waals surface area contributed by atoms with E-state index >= 15 is 0 Å². The van der Waals surface area contributed by atoms with Crippen LogP contribution in [0.15, 0.2) is 30.3 Å². The molecule has 22 heavy (non-hydrogen) atoms. The lowest BCUT2D eigenvalue weighted by Gasteiger charge is -2.24. The normalized spacial score (nSPS) is 24.5. The standard InChI is InChI=1S/C18H26N2O2/c1-2-3-11-22-18(21)20-13-16-9-10-19(17(16)14-20)12-15-7-5-4-6-8-15/h4-8,16-17H,2-3,9-14H2,1H3. The third kappa shape index (κ3) is 3.43. The minimum Gasteiger partial charge on any atom is -0.449 e. The summed E-state index contributed by atoms with van der Waals surface area (Å²) in [6.45, 7) is 6.47. The van der Waals surface area contributed by atoms with E-state index in [1.165, 1.54) is 12.0 Å². The Kier molecular flexibility index (Phi) is 4.98. The average Bonchev–Trinajstić information content (AvgIpc) is 3.11. The Hall–Kier alpha value is -1.55. The summed E-state index contributed by atoms with van der Waals surface area (Å²) in [5, 5.41) is 0. The first-order valence-corrected chi connectivity index (χ1v) is 8.47. The quantitative estimate of drug-likeness (QED) is 0.783. The number of carbonyl (C=O) groups is 1. The van der Waals surface area contributed by atoms with Crippen LogP contribution in [-0.4, -0.2) is 48.2 Å². The van der Waals surface area contributed by atoms with Crippen molar-refractivity contribution in [1.82, 2.24) is 9.80 Å². The lowest BCUT2D eigenvalue weighted by atomic mass is 10.0. The van der Waals surface area contributed by atoms with E-state index in [0.717, 1.165) is 39.0 Å². The van der Waals surface area contributed by atoms with E-state index in [9.17, 15) is 4.79 Å². The Morgan fingerprint density at radius 3 is 2.86 bits per heavy atom. The molecular formula is C18H26N2O2. The van der Waals surface area contributed by atoms with Gasteiger partial charge >= 0.3 is 6.09 Å². The summed E-state index contributed by atoms with van der Waals surface area (Å²) < 4.78 is 5.35. The number of carbonyl (C=O) groups excluding carboxylic acids is 1. The van der Waals surface area contributed by atoms with Crippen molar-refractivity contribution < 1.29 is 9.53 Å². The monoisotopic (exact) mass is 302 g/mol. The number of rotatable bonds is 5. The van der Waals surface area contributed by atoms with E-state index < -0.39 is 0 Å². The van der Waals surface area contributed by atoms with Gasteiger partial charge in [-0.05, 0) is 30.9 Å². The van der Waals surface area contributed by atoms with Crippen LogP contribution in [0.1, 0.15) is 31.7 Å². The Bertz CT molecular complexity index is 491. The fraction of sp³-hybridized carbons (Fsp3) is 0.611. The molecule has 0 saturated carbocycles. The van der Waals surface area contributed by atoms with Gasteiger partial charge in [-0.1, -0.05) is 43.7 Å². The number of hydrogen-bond donors (Lipinski definition) is 0. The van der Waals surface area contributed by atoms with E-state index in [4.69, 9.17) is 4.74 Å². The number of benzene rings is 1. The van der Waals surface area contributed by atoms with Crippen molar-refractivity contribution in [2.45, 2.75) is 38.8 Å². The van der Waals surface area contributed by atoms with Crippen molar-refractivity contribution in [1.29, 1.82) is 0 Å². The van der Waals surface area contributed by atoms with Gasteiger partial charge in [0.2, 0.25) is 0 Å². The van der Waals surface area contributed by atoms with E-state index in [-0.39, 0.29) is 6.09 Å². The van der Waals surface area contributed by atoms with Crippen LogP contribution in [0.2, 0.25) is 0 Å². The third-order valence-electron chi connectivity index (χ3n) is 4.87. The number of ether oxygens (including phenoxy) is 1. The Morgan fingerprint density at radius 1 is 1.27 bits per heavy atom. The van der Waals surface area contributed by atoms with Crippen LogP contribution in [0.5, 0.6) is 0 Å². The van der Waals surface area contributed by atoms with Gasteiger partial charge in [0.1, 0.15) is 0 Å². The maximum atomic E-state index is 12.1. The smallest absolute Gasteiger partial charge is 0.409 e. The fourth-order valence-electron chi connectivity index (χ4n) is 3.61. The summed E-state index contributed by atoms with van der Waals surface area (Å²) in [7, 11) is 0. The van der Waals surface area contributed by atoms with Crippen LogP contribution in [-0.2, 0) is 11.3 Å². The molecule has 120 valence electrons. The number of hydrogen-bond acceptors (Lipinski definition) is 3. The topological polar surface area (TPSA) is 32.8 Å². The zero-order valence-corrected chi connectivity index (χ0v) is 13.4. The van der Waals surface area contributed by atoms with E-state index in [1.807, 2.05) is 4.90 Å². The fourth-order valence-corrected chi connectivity index (χ4v) is 3.61. The highest BCUT2D eigenvalue weighted by Crippen LogP contribution is 2.32. The summed E-state index contributed by atoms with van der Waals surface area (Å²) in [6, 6.07) is 11.1. The molecule has 2 saturated heterocycles. The first-order chi connectivity index (χ1) is 10.8. The maximum absolute atomic E-state index is 12.1. The van der Waals surface area contributed by atoms with Crippen LogP contribution in [0.25, 0.3) is 0 Å². The molecule has 0 N–H and O–H groups in total. The molecule has 2 atom stereocenters. The van der Waals surface area contributed by atoms with Gasteiger partial charge < -0.3 is 9.64 Å². The number of unbranched alkanes of at least 4 members (excludes halogenated alkanes) is 1. The molecule has 2 unspecified atom stereocenters. The van der Waals surface area contributed by atoms with Crippen molar-refractivity contribution in [3.8, 4) is 0 Å². The lowest BCUT2D eigenvalue weighted by Crippen LogP contribution is -2.37. The highest BCUT2D eigenvalue weighted by atomic mass is 16.6. The number of nitrogens with zero attached hydrogens (tertiary/aromatic N) is 2. The van der Waals surface area contributed by atoms with Crippen LogP contribution in [0.3, 0.4) is 0 Å². The zero-order valence-electron chi connectivity index (χ0n) is 13.4. The van der Waals surface area contributed by atoms with Crippen molar-refractivity contribution in [3.63, 3.8) is 0 Å². The summed E-state index contributed by atoms with van der Waals surface area (Å²) in [5.41, 5.74) is 1.35. The highest BCUT2D eigenvalue weighted by Gasteiger charge is 2.43. The molecule has 3 rings (SSSR count). The maximum Gasteiger partial charge on any atom is 0.409 e. The van der Waals surface area contributed by atoms with Crippen LogP contribution < -0.4 is 0 Å². The second-order valence-corrected chi connectivity index (χ2v) is 6.45. The van der Waals surface area contributed by atoms with Gasteiger partial charge in [-0.25, -0.2) is 4.79 Å². The Labute approximate surface area is 133 Å². The molecule has 1 aromatic carbocycles. The molecular weight excluding hydrogens is 276 g/mol. The van der Waals surface area contributed by atoms with Crippen molar-refractivity contribution in [3.05, 3.63) is 35.9 Å². The minimum atomic E-state index is -0.123. The minimum absolute atomic E-state index is 0.123. The van der Waals surface area contributed by atoms with Gasteiger partial charge in [0.05, 0.1) is 6.61 Å². The molecule has 2 aliphatic heterocycles. The lowest BCUT2D eigenvalue weighted by molar-refractivity contribution is 0.104. The molecule has 0 bridgehead atoms. The SMILES string of the molecule is CCCCOC(=O)N1CC2CCN(Cc3ccccc3)C2C1. The van der Waals surface area contributed by atoms with E-state index in [2.05, 4.69) is 42.2 Å². The molecule has 4 heteroatoms. The molecule has 2 fully saturated rings. The second kappa shape index (κ2) is 7.14. The molecule has 0 aliphatic carbocycles. The predicted octanol–water partition coefficient (Wildman–Crippen LogP) is 3.13. The largest absolute Gasteiger partial charge is 0.449 e. The molecule has 2 aliphatic rings. The molecule has 4 nitrogen and oxygen atoms in total. The number of fused-ring (bicyclic) bond motifs is 1. The summed E-state index contributed by atoms with van der Waals surface area (Å²) in [6.07, 6.45) is 3.08.